The van der Waals surface area contributed by atoms with Crippen LogP contribution in [0.4, 0.5) is 0 Å². The molecule has 0 N–H and O–H groups in total. The second-order valence-electron chi connectivity index (χ2n) is 6.41. The van der Waals surface area contributed by atoms with Crippen molar-refractivity contribution >= 4 is 5.91 Å². The van der Waals surface area contributed by atoms with Crippen molar-refractivity contribution in [1.29, 1.82) is 0 Å². The largest absolute Gasteiger partial charge is 0.425 e. The Kier molecular flexibility index (Phi) is 4.51. The average molecular weight is 330 g/mol. The van der Waals surface area contributed by atoms with Crippen LogP contribution in [0.2, 0.25) is 0 Å². The van der Waals surface area contributed by atoms with Crippen molar-refractivity contribution in [3.05, 3.63) is 46.0 Å². The lowest BCUT2D eigenvalue weighted by atomic mass is 9.90. The van der Waals surface area contributed by atoms with Crippen LogP contribution in [0.5, 0.6) is 0 Å². The third-order valence-corrected chi connectivity index (χ3v) is 4.62. The molecule has 7 nitrogen and oxygen atoms in total. The van der Waals surface area contributed by atoms with Crippen LogP contribution in [-0.2, 0) is 11.3 Å². The van der Waals surface area contributed by atoms with E-state index in [0.717, 1.165) is 18.4 Å². The van der Waals surface area contributed by atoms with E-state index in [0.29, 0.717) is 18.3 Å². The van der Waals surface area contributed by atoms with Gasteiger partial charge in [-0.05, 0) is 38.3 Å². The molecule has 0 spiro atoms. The van der Waals surface area contributed by atoms with Crippen molar-refractivity contribution in [3.8, 4) is 0 Å². The van der Waals surface area contributed by atoms with E-state index in [4.69, 9.17) is 4.42 Å². The van der Waals surface area contributed by atoms with E-state index in [1.54, 1.807) is 13.1 Å². The molecular formula is C17H22N4O3. The van der Waals surface area contributed by atoms with Crippen molar-refractivity contribution in [2.24, 2.45) is 0 Å². The molecule has 1 fully saturated rings. The molecule has 1 aliphatic rings. The minimum Gasteiger partial charge on any atom is -0.425 e. The van der Waals surface area contributed by atoms with Crippen LogP contribution >= 0.6 is 0 Å². The van der Waals surface area contributed by atoms with E-state index in [1.165, 1.54) is 10.6 Å². The minimum atomic E-state index is -0.155. The summed E-state index contributed by atoms with van der Waals surface area (Å²) in [5, 5.41) is 8.00. The van der Waals surface area contributed by atoms with Gasteiger partial charge in [-0.25, -0.2) is 0 Å². The van der Waals surface area contributed by atoms with Gasteiger partial charge in [0.05, 0.1) is 5.92 Å². The molecule has 0 unspecified atom stereocenters. The first-order chi connectivity index (χ1) is 11.5. The van der Waals surface area contributed by atoms with E-state index in [9.17, 15) is 9.59 Å². The maximum atomic E-state index is 12.7. The average Bonchev–Trinajstić information content (AvgIpc) is 2.96. The van der Waals surface area contributed by atoms with Gasteiger partial charge < -0.3 is 13.9 Å². The van der Waals surface area contributed by atoms with Gasteiger partial charge in [-0.15, -0.1) is 10.2 Å². The van der Waals surface area contributed by atoms with Crippen LogP contribution in [0.3, 0.4) is 0 Å². The summed E-state index contributed by atoms with van der Waals surface area (Å²) >= 11 is 0. The normalized spacial score (nSPS) is 21.0. The van der Waals surface area contributed by atoms with Crippen molar-refractivity contribution < 1.29 is 9.21 Å². The summed E-state index contributed by atoms with van der Waals surface area (Å²) in [5.41, 5.74) is 0.735. The lowest BCUT2D eigenvalue weighted by molar-refractivity contribution is -0.135. The molecule has 24 heavy (non-hydrogen) atoms. The van der Waals surface area contributed by atoms with Gasteiger partial charge in [-0.1, -0.05) is 0 Å². The molecule has 3 heterocycles. The number of nitrogens with zero attached hydrogens (tertiary/aromatic N) is 4. The van der Waals surface area contributed by atoms with Crippen LogP contribution in [0.15, 0.2) is 27.5 Å². The molecule has 2 atom stereocenters. The summed E-state index contributed by atoms with van der Waals surface area (Å²) in [7, 11) is 0. The summed E-state index contributed by atoms with van der Waals surface area (Å²) in [6, 6.07) is 3.34. The van der Waals surface area contributed by atoms with Crippen LogP contribution < -0.4 is 5.56 Å². The fourth-order valence-corrected chi connectivity index (χ4v) is 3.26. The van der Waals surface area contributed by atoms with Crippen LogP contribution in [-0.4, -0.2) is 38.2 Å². The Morgan fingerprint density at radius 2 is 2.17 bits per heavy atom. The Hall–Kier alpha value is -2.44. The zero-order valence-corrected chi connectivity index (χ0v) is 14.2. The monoisotopic (exact) mass is 330 g/mol. The number of amides is 1. The fraction of sp³-hybridized carbons (Fsp3) is 0.529. The van der Waals surface area contributed by atoms with Gasteiger partial charge in [-0.3, -0.25) is 9.59 Å². The summed E-state index contributed by atoms with van der Waals surface area (Å²) in [6.45, 7) is 6.36. The first kappa shape index (κ1) is 16.4. The van der Waals surface area contributed by atoms with Crippen LogP contribution in [0.25, 0.3) is 0 Å². The molecule has 3 rings (SSSR count). The summed E-state index contributed by atoms with van der Waals surface area (Å²) in [6.07, 6.45) is 3.46. The Morgan fingerprint density at radius 3 is 2.83 bits per heavy atom. The number of aryl methyl sites for hydroxylation is 2. The quantitative estimate of drug-likeness (QED) is 0.854. The molecular weight excluding hydrogens is 308 g/mol. The zero-order chi connectivity index (χ0) is 17.3. The highest BCUT2D eigenvalue weighted by atomic mass is 16.4. The number of carbonyl (C=O) groups excluding carboxylic acids is 1. The molecule has 0 saturated carbocycles. The maximum Gasteiger partial charge on any atom is 0.251 e. The number of carbonyl (C=O) groups is 1. The van der Waals surface area contributed by atoms with Gasteiger partial charge in [0, 0.05) is 31.8 Å². The Bertz CT molecular complexity index is 795. The molecule has 0 radical (unpaired) electrons. The lowest BCUT2D eigenvalue weighted by Gasteiger charge is -2.38. The first-order valence-corrected chi connectivity index (χ1v) is 8.22. The smallest absolute Gasteiger partial charge is 0.251 e. The molecule has 0 aliphatic carbocycles. The summed E-state index contributed by atoms with van der Waals surface area (Å²) in [5.74, 6) is 1.10. The van der Waals surface area contributed by atoms with E-state index in [-0.39, 0.29) is 30.0 Å². The van der Waals surface area contributed by atoms with Crippen LogP contribution in [0, 0.1) is 13.8 Å². The topological polar surface area (TPSA) is 81.2 Å². The highest BCUT2D eigenvalue weighted by Crippen LogP contribution is 2.31. The summed E-state index contributed by atoms with van der Waals surface area (Å²) in [4.78, 5) is 26.5. The number of hydrogen-bond donors (Lipinski definition) is 0. The third kappa shape index (κ3) is 3.25. The van der Waals surface area contributed by atoms with Crippen molar-refractivity contribution in [2.75, 3.05) is 6.54 Å². The molecule has 0 aromatic carbocycles. The van der Waals surface area contributed by atoms with E-state index >= 15 is 0 Å². The van der Waals surface area contributed by atoms with Gasteiger partial charge in [0.2, 0.25) is 17.7 Å². The Labute approximate surface area is 140 Å². The Morgan fingerprint density at radius 1 is 1.38 bits per heavy atom. The predicted molar refractivity (Wildman–Crippen MR) is 87.6 cm³/mol. The maximum absolute atomic E-state index is 12.7. The van der Waals surface area contributed by atoms with E-state index in [2.05, 4.69) is 10.2 Å². The first-order valence-electron chi connectivity index (χ1n) is 8.22. The standard InChI is InChI=1S/C17H22N4O3/c1-11-6-8-20(15(22)9-11)10-16(23)21-7-4-5-14(12(21)2)17-19-18-13(3)24-17/h6,8-9,12,14H,4-5,7,10H2,1-3H3/t12-,14-/m0/s1. The molecule has 1 saturated heterocycles. The zero-order valence-electron chi connectivity index (χ0n) is 14.2. The molecule has 128 valence electrons. The van der Waals surface area contributed by atoms with Crippen LogP contribution in [0.1, 0.15) is 43.0 Å². The SMILES string of the molecule is Cc1ccn(CC(=O)N2CCC[C@H](c3nnc(C)o3)[C@@H]2C)c(=O)c1. The Balaban J connectivity index is 1.75. The second kappa shape index (κ2) is 6.59. The van der Waals surface area contributed by atoms with Crippen molar-refractivity contribution in [2.45, 2.75) is 52.1 Å². The molecule has 0 bridgehead atoms. The highest BCUT2D eigenvalue weighted by molar-refractivity contribution is 5.76. The molecule has 1 amide bonds. The number of rotatable bonds is 3. The van der Waals surface area contributed by atoms with Gasteiger partial charge in [0.1, 0.15) is 6.54 Å². The van der Waals surface area contributed by atoms with Gasteiger partial charge in [0.15, 0.2) is 0 Å². The van der Waals surface area contributed by atoms with E-state index < -0.39 is 0 Å². The lowest BCUT2D eigenvalue weighted by Crippen LogP contribution is -2.47. The number of piperidine rings is 1. The molecule has 2 aromatic heterocycles. The predicted octanol–water partition coefficient (Wildman–Crippen LogP) is 1.64. The summed E-state index contributed by atoms with van der Waals surface area (Å²) < 4.78 is 7.00. The minimum absolute atomic E-state index is 0.0350. The van der Waals surface area contributed by atoms with Gasteiger partial charge in [-0.2, -0.15) is 0 Å². The van der Waals surface area contributed by atoms with Crippen molar-refractivity contribution in [1.82, 2.24) is 19.7 Å². The van der Waals surface area contributed by atoms with Gasteiger partial charge in [0.25, 0.3) is 5.56 Å². The molecule has 7 heteroatoms. The van der Waals surface area contributed by atoms with E-state index in [1.807, 2.05) is 24.8 Å². The molecule has 2 aromatic rings. The number of pyridine rings is 1. The third-order valence-electron chi connectivity index (χ3n) is 4.62. The van der Waals surface area contributed by atoms with Crippen molar-refractivity contribution in [3.63, 3.8) is 0 Å². The molecule has 1 aliphatic heterocycles. The number of likely N-dealkylation sites (tertiary alicyclic amines) is 1. The fourth-order valence-electron chi connectivity index (χ4n) is 3.26. The van der Waals surface area contributed by atoms with Gasteiger partial charge >= 0.3 is 0 Å². The second-order valence-corrected chi connectivity index (χ2v) is 6.41. The number of aromatic nitrogens is 3. The highest BCUT2D eigenvalue weighted by Gasteiger charge is 2.35. The number of hydrogen-bond acceptors (Lipinski definition) is 5.